The fourth-order valence-corrected chi connectivity index (χ4v) is 5.40. The van der Waals surface area contributed by atoms with E-state index in [0.29, 0.717) is 46.1 Å². The minimum absolute atomic E-state index is 0.0140. The lowest BCUT2D eigenvalue weighted by Gasteiger charge is -2.34. The van der Waals surface area contributed by atoms with Gasteiger partial charge in [0.25, 0.3) is 5.69 Å². The molecule has 0 saturated carbocycles. The minimum Gasteiger partial charge on any atom is -0.493 e. The number of nitrogens with zero attached hydrogens (tertiary/aromatic N) is 2. The van der Waals surface area contributed by atoms with Gasteiger partial charge in [-0.1, -0.05) is 30.3 Å². The van der Waals surface area contributed by atoms with Gasteiger partial charge in [0, 0.05) is 36.7 Å². The van der Waals surface area contributed by atoms with E-state index in [1.165, 1.54) is 26.2 Å². The van der Waals surface area contributed by atoms with Crippen LogP contribution >= 0.6 is 0 Å². The monoisotopic (exact) mass is 513 g/mol. The van der Waals surface area contributed by atoms with E-state index in [1.807, 2.05) is 36.4 Å². The molecule has 9 nitrogen and oxygen atoms in total. The Balaban J connectivity index is 1.69. The van der Waals surface area contributed by atoms with Gasteiger partial charge in [0.1, 0.15) is 0 Å². The number of nitro groups is 1. The summed E-state index contributed by atoms with van der Waals surface area (Å²) in [6, 6.07) is 18.5. The fraction of sp³-hybridized carbons (Fsp3) is 0.241. The van der Waals surface area contributed by atoms with Gasteiger partial charge in [-0.3, -0.25) is 24.6 Å². The fourth-order valence-electron chi connectivity index (χ4n) is 5.40. The maximum absolute atomic E-state index is 13.9. The number of non-ortho nitro benzene ring substituents is 1. The van der Waals surface area contributed by atoms with Crippen LogP contribution < -0.4 is 19.7 Å². The van der Waals surface area contributed by atoms with Crippen LogP contribution in [0.15, 0.2) is 78.0 Å². The van der Waals surface area contributed by atoms with E-state index in [1.54, 1.807) is 30.2 Å². The largest absolute Gasteiger partial charge is 0.493 e. The molecule has 1 amide bonds. The third-order valence-electron chi connectivity index (χ3n) is 7.10. The molecule has 38 heavy (non-hydrogen) atoms. The zero-order valence-electron chi connectivity index (χ0n) is 21.3. The highest BCUT2D eigenvalue weighted by atomic mass is 16.6. The highest BCUT2D eigenvalue weighted by molar-refractivity contribution is 6.06. The second-order valence-corrected chi connectivity index (χ2v) is 9.32. The Morgan fingerprint density at radius 3 is 2.45 bits per heavy atom. The van der Waals surface area contributed by atoms with E-state index < -0.39 is 11.0 Å². The first kappa shape index (κ1) is 25.0. The lowest BCUT2D eigenvalue weighted by molar-refractivity contribution is -0.384. The Bertz CT molecular complexity index is 1480. The number of rotatable bonds is 5. The van der Waals surface area contributed by atoms with Gasteiger partial charge in [0.05, 0.1) is 36.6 Å². The van der Waals surface area contributed by atoms with E-state index >= 15 is 0 Å². The van der Waals surface area contributed by atoms with E-state index in [-0.39, 0.29) is 29.7 Å². The van der Waals surface area contributed by atoms with Gasteiger partial charge in [0.2, 0.25) is 5.91 Å². The predicted octanol–water partition coefficient (Wildman–Crippen LogP) is 5.53. The maximum Gasteiger partial charge on any atom is 0.269 e. The van der Waals surface area contributed by atoms with Crippen molar-refractivity contribution in [2.45, 2.75) is 31.7 Å². The van der Waals surface area contributed by atoms with Crippen LogP contribution in [-0.2, 0) is 9.59 Å². The molecule has 0 spiro atoms. The molecule has 0 aromatic heterocycles. The average molecular weight is 514 g/mol. The van der Waals surface area contributed by atoms with Gasteiger partial charge in [-0.15, -0.1) is 0 Å². The lowest BCUT2D eigenvalue weighted by atomic mass is 9.78. The van der Waals surface area contributed by atoms with Crippen molar-refractivity contribution < 1.29 is 24.0 Å². The summed E-state index contributed by atoms with van der Waals surface area (Å²) in [4.78, 5) is 39.7. The Labute approximate surface area is 219 Å². The first-order chi connectivity index (χ1) is 18.3. The summed E-state index contributed by atoms with van der Waals surface area (Å²) >= 11 is 0. The number of methoxy groups -OCH3 is 2. The summed E-state index contributed by atoms with van der Waals surface area (Å²) in [6.07, 6.45) is 0.611. The molecule has 1 aliphatic heterocycles. The highest BCUT2D eigenvalue weighted by Gasteiger charge is 2.41. The van der Waals surface area contributed by atoms with Gasteiger partial charge in [-0.05, 0) is 47.7 Å². The molecule has 0 radical (unpaired) electrons. The maximum atomic E-state index is 13.9. The summed E-state index contributed by atoms with van der Waals surface area (Å²) in [5, 5.41) is 14.8. The van der Waals surface area contributed by atoms with Crippen LogP contribution in [0.4, 0.5) is 17.1 Å². The number of nitrogens with one attached hydrogen (secondary N) is 1. The van der Waals surface area contributed by atoms with Crippen molar-refractivity contribution in [2.75, 3.05) is 24.4 Å². The number of nitro benzene ring substituents is 1. The molecule has 2 atom stereocenters. The van der Waals surface area contributed by atoms with E-state index in [0.717, 1.165) is 5.56 Å². The number of carbonyl (C=O) groups is 2. The van der Waals surface area contributed by atoms with Crippen molar-refractivity contribution >= 4 is 28.8 Å². The van der Waals surface area contributed by atoms with Gasteiger partial charge in [0.15, 0.2) is 17.3 Å². The number of amides is 1. The zero-order valence-corrected chi connectivity index (χ0v) is 21.3. The van der Waals surface area contributed by atoms with Crippen molar-refractivity contribution in [1.82, 2.24) is 0 Å². The second kappa shape index (κ2) is 10.0. The number of fused-ring (bicyclic) bond motifs is 1. The smallest absolute Gasteiger partial charge is 0.269 e. The molecule has 0 unspecified atom stereocenters. The predicted molar refractivity (Wildman–Crippen MR) is 143 cm³/mol. The molecule has 0 saturated heterocycles. The van der Waals surface area contributed by atoms with Crippen LogP contribution in [0.25, 0.3) is 0 Å². The summed E-state index contributed by atoms with van der Waals surface area (Å²) in [7, 11) is 3.08. The van der Waals surface area contributed by atoms with Crippen LogP contribution in [0.1, 0.15) is 42.9 Å². The number of hydrogen-bond acceptors (Lipinski definition) is 7. The van der Waals surface area contributed by atoms with Crippen molar-refractivity contribution in [1.29, 1.82) is 0 Å². The molecule has 1 N–H and O–H groups in total. The van der Waals surface area contributed by atoms with Gasteiger partial charge in [-0.2, -0.15) is 0 Å². The van der Waals surface area contributed by atoms with Crippen molar-refractivity contribution in [3.8, 4) is 11.5 Å². The molecule has 1 aliphatic carbocycles. The number of benzene rings is 3. The third-order valence-corrected chi connectivity index (χ3v) is 7.10. The molecule has 194 valence electrons. The molecule has 3 aromatic carbocycles. The average Bonchev–Trinajstić information content (AvgIpc) is 3.07. The van der Waals surface area contributed by atoms with Crippen LogP contribution in [0.3, 0.4) is 0 Å². The standard InChI is InChI=1S/C29H27N3O6/c1-17(33)31-24-10-5-4-9-22(24)30-23-14-20(18-7-6-8-21(13-18)32(35)36)15-25(34)28(23)29(31)19-11-12-26(37-2)27(16-19)38-3/h4-13,16,20,29-30H,14-15H2,1-3H3/t20-,29-/m0/s1. The van der Waals surface area contributed by atoms with E-state index in [9.17, 15) is 19.7 Å². The Morgan fingerprint density at radius 2 is 1.74 bits per heavy atom. The first-order valence-electron chi connectivity index (χ1n) is 12.2. The summed E-state index contributed by atoms with van der Waals surface area (Å²) in [5.74, 6) is 0.415. The number of anilines is 2. The van der Waals surface area contributed by atoms with E-state index in [4.69, 9.17) is 9.47 Å². The Kier molecular flexibility index (Phi) is 6.59. The molecular formula is C29H27N3O6. The molecular weight excluding hydrogens is 486 g/mol. The molecule has 2 aliphatic rings. The Hall–Kier alpha value is -4.66. The number of carbonyl (C=O) groups excluding carboxylic acids is 2. The van der Waals surface area contributed by atoms with Crippen molar-refractivity contribution in [2.24, 2.45) is 0 Å². The van der Waals surface area contributed by atoms with E-state index in [2.05, 4.69) is 5.32 Å². The van der Waals surface area contributed by atoms with Crippen molar-refractivity contribution in [3.05, 3.63) is 99.2 Å². The number of para-hydroxylation sites is 2. The third kappa shape index (κ3) is 4.36. The number of ketones is 1. The van der Waals surface area contributed by atoms with Crippen LogP contribution in [0.2, 0.25) is 0 Å². The number of ether oxygens (including phenoxy) is 2. The summed E-state index contributed by atoms with van der Waals surface area (Å²) < 4.78 is 10.9. The molecule has 5 rings (SSSR count). The van der Waals surface area contributed by atoms with Crippen molar-refractivity contribution in [3.63, 3.8) is 0 Å². The number of allylic oxidation sites excluding steroid dienone is 1. The topological polar surface area (TPSA) is 111 Å². The molecule has 0 bridgehead atoms. The lowest BCUT2D eigenvalue weighted by Crippen LogP contribution is -2.37. The molecule has 0 fully saturated rings. The van der Waals surface area contributed by atoms with Crippen LogP contribution in [0, 0.1) is 10.1 Å². The van der Waals surface area contributed by atoms with Gasteiger partial charge < -0.3 is 14.8 Å². The summed E-state index contributed by atoms with van der Waals surface area (Å²) in [5.41, 5.74) is 3.94. The molecule has 1 heterocycles. The molecule has 3 aromatic rings. The number of hydrogen-bond donors (Lipinski definition) is 1. The Morgan fingerprint density at radius 1 is 0.974 bits per heavy atom. The second-order valence-electron chi connectivity index (χ2n) is 9.32. The summed E-state index contributed by atoms with van der Waals surface area (Å²) in [6.45, 7) is 1.48. The minimum atomic E-state index is -0.711. The van der Waals surface area contributed by atoms with Crippen LogP contribution in [-0.4, -0.2) is 30.8 Å². The quantitative estimate of drug-likeness (QED) is 0.353. The SMILES string of the molecule is COc1ccc([C@H]2C3=C(C[C@H](c4cccc([N+](=O)[O-])c4)CC3=O)Nc3ccccc3N2C(C)=O)cc1OC. The normalized spacial score (nSPS) is 18.6. The number of Topliss-reactive ketones (excluding diaryl/α,β-unsaturated/α-hetero) is 1. The zero-order chi connectivity index (χ0) is 27.0. The van der Waals surface area contributed by atoms with Gasteiger partial charge in [-0.25, -0.2) is 0 Å². The molecule has 9 heteroatoms. The first-order valence-corrected chi connectivity index (χ1v) is 12.2. The van der Waals surface area contributed by atoms with Crippen LogP contribution in [0.5, 0.6) is 11.5 Å². The van der Waals surface area contributed by atoms with Gasteiger partial charge >= 0.3 is 0 Å². The highest BCUT2D eigenvalue weighted by Crippen LogP contribution is 2.48.